The van der Waals surface area contributed by atoms with Gasteiger partial charge in [0.25, 0.3) is 0 Å². The van der Waals surface area contributed by atoms with E-state index >= 15 is 0 Å². The lowest BCUT2D eigenvalue weighted by atomic mass is 9.82. The third kappa shape index (κ3) is 10.5. The molecule has 2 unspecified atom stereocenters. The van der Waals surface area contributed by atoms with E-state index in [0.717, 1.165) is 24.8 Å². The molecule has 2 amide bonds. The molecule has 1 saturated carbocycles. The van der Waals surface area contributed by atoms with Crippen LogP contribution in [0, 0.1) is 40.9 Å². The second kappa shape index (κ2) is 18.6. The minimum atomic E-state index is -1.17. The van der Waals surface area contributed by atoms with Crippen LogP contribution in [-0.4, -0.2) is 79.5 Å². The predicted molar refractivity (Wildman–Crippen MR) is 201 cm³/mol. The highest BCUT2D eigenvalue weighted by Crippen LogP contribution is 2.44. The molecule has 1 aromatic carbocycles. The van der Waals surface area contributed by atoms with E-state index in [4.69, 9.17) is 0 Å². The Morgan fingerprint density at radius 2 is 1.65 bits per heavy atom. The van der Waals surface area contributed by atoms with E-state index in [9.17, 15) is 38.7 Å². The van der Waals surface area contributed by atoms with Gasteiger partial charge in [0.05, 0.1) is 18.2 Å². The predicted octanol–water partition coefficient (Wildman–Crippen LogP) is 5.33. The molecule has 1 aliphatic heterocycles. The summed E-state index contributed by atoms with van der Waals surface area (Å²) in [5.41, 5.74) is 0.129. The van der Waals surface area contributed by atoms with Crippen LogP contribution in [0.2, 0.25) is 0 Å². The van der Waals surface area contributed by atoms with E-state index in [1.807, 2.05) is 47.6 Å². The second-order valence-corrected chi connectivity index (χ2v) is 16.5. The Balaban J connectivity index is 1.52. The van der Waals surface area contributed by atoms with Crippen molar-refractivity contribution in [2.45, 2.75) is 111 Å². The van der Waals surface area contributed by atoms with Crippen molar-refractivity contribution in [1.29, 1.82) is 0 Å². The molecule has 54 heavy (non-hydrogen) atoms. The number of Topliss-reactive ketones (excluding diaryl/α,β-unsaturated/α-hetero) is 4. The monoisotopic (exact) mass is 744 g/mol. The van der Waals surface area contributed by atoms with E-state index in [2.05, 4.69) is 15.3 Å². The van der Waals surface area contributed by atoms with Crippen molar-refractivity contribution in [3.63, 3.8) is 0 Å². The molecule has 0 bridgehead atoms. The first-order chi connectivity index (χ1) is 25.5. The van der Waals surface area contributed by atoms with Crippen molar-refractivity contribution in [3.8, 4) is 0 Å². The number of carbonyl (C=O) groups is 7. The maximum absolute atomic E-state index is 14.6. The van der Waals surface area contributed by atoms with Crippen molar-refractivity contribution in [2.24, 2.45) is 40.9 Å². The summed E-state index contributed by atoms with van der Waals surface area (Å²) in [4.78, 5) is 104. The van der Waals surface area contributed by atoms with Crippen LogP contribution >= 0.6 is 0 Å². The third-order valence-electron chi connectivity index (χ3n) is 11.1. The van der Waals surface area contributed by atoms with Crippen LogP contribution < -0.4 is 5.32 Å². The topological polar surface area (TPSA) is 181 Å². The van der Waals surface area contributed by atoms with Crippen LogP contribution in [0.25, 0.3) is 0 Å². The molecular formula is C42H56N4O8. The number of rotatable bonds is 19. The minimum Gasteiger partial charge on any atom is -0.481 e. The van der Waals surface area contributed by atoms with Crippen molar-refractivity contribution in [1.82, 2.24) is 20.2 Å². The molecule has 4 rings (SSSR count). The lowest BCUT2D eigenvalue weighted by molar-refractivity contribution is -0.147. The molecule has 0 radical (unpaired) electrons. The quantitative estimate of drug-likeness (QED) is 0.141. The third-order valence-corrected chi connectivity index (χ3v) is 11.1. The molecular weight excluding hydrogens is 688 g/mol. The Bertz CT molecular complexity index is 1670. The molecule has 12 heteroatoms. The van der Waals surface area contributed by atoms with Crippen LogP contribution in [0.4, 0.5) is 0 Å². The number of nitrogens with zero attached hydrogens (tertiary/aromatic N) is 3. The zero-order valence-corrected chi connectivity index (χ0v) is 32.5. The SMILES string of the molecule is CCCC(CC(=O)C1[C@H]2CCC[C@H]2CN1C(=O)[C@@H](NC(=O)[C@H](CC(=O)c1cnccn1)C(C)C)C(C)(C)C)C(=O)C(=O)C[C@H](Cc1ccccc1)C(=O)O. The molecule has 7 atom stereocenters. The van der Waals surface area contributed by atoms with Gasteiger partial charge >= 0.3 is 5.97 Å². The number of amides is 2. The first-order valence-electron chi connectivity index (χ1n) is 19.3. The first kappa shape index (κ1) is 42.1. The molecule has 1 aromatic heterocycles. The zero-order valence-electron chi connectivity index (χ0n) is 32.5. The van der Waals surface area contributed by atoms with Gasteiger partial charge in [-0.25, -0.2) is 4.98 Å². The maximum Gasteiger partial charge on any atom is 0.307 e. The van der Waals surface area contributed by atoms with Crippen LogP contribution in [0.15, 0.2) is 48.9 Å². The highest BCUT2D eigenvalue weighted by atomic mass is 16.4. The van der Waals surface area contributed by atoms with Gasteiger partial charge < -0.3 is 15.3 Å². The fourth-order valence-electron chi connectivity index (χ4n) is 8.12. The Morgan fingerprint density at radius 1 is 0.944 bits per heavy atom. The van der Waals surface area contributed by atoms with Crippen molar-refractivity contribution in [2.75, 3.05) is 6.54 Å². The van der Waals surface area contributed by atoms with Crippen LogP contribution in [0.1, 0.15) is 109 Å². The van der Waals surface area contributed by atoms with E-state index in [-0.39, 0.29) is 60.7 Å². The Labute approximate surface area is 318 Å². The number of fused-ring (bicyclic) bond motifs is 1. The molecule has 1 aliphatic carbocycles. The number of likely N-dealkylation sites (tertiary alicyclic amines) is 1. The van der Waals surface area contributed by atoms with Gasteiger partial charge in [0.1, 0.15) is 11.7 Å². The number of hydrogen-bond donors (Lipinski definition) is 2. The van der Waals surface area contributed by atoms with Crippen molar-refractivity contribution < 1.29 is 38.7 Å². The Hall–Kier alpha value is -4.61. The van der Waals surface area contributed by atoms with Gasteiger partial charge in [0.2, 0.25) is 17.6 Å². The summed E-state index contributed by atoms with van der Waals surface area (Å²) in [6.45, 7) is 11.4. The van der Waals surface area contributed by atoms with Gasteiger partial charge in [-0.3, -0.25) is 38.5 Å². The summed E-state index contributed by atoms with van der Waals surface area (Å²) in [5, 5.41) is 12.8. The number of aliphatic carboxylic acids is 1. The van der Waals surface area contributed by atoms with E-state index < -0.39 is 71.0 Å². The highest BCUT2D eigenvalue weighted by molar-refractivity contribution is 6.38. The Morgan fingerprint density at radius 3 is 2.24 bits per heavy atom. The average molecular weight is 745 g/mol. The minimum absolute atomic E-state index is 0.0866. The van der Waals surface area contributed by atoms with Crippen LogP contribution in [-0.2, 0) is 35.2 Å². The van der Waals surface area contributed by atoms with E-state index in [1.165, 1.54) is 18.6 Å². The molecule has 2 fully saturated rings. The van der Waals surface area contributed by atoms with Crippen LogP contribution in [0.3, 0.4) is 0 Å². The maximum atomic E-state index is 14.6. The molecule has 2 heterocycles. The summed E-state index contributed by atoms with van der Waals surface area (Å²) < 4.78 is 0. The summed E-state index contributed by atoms with van der Waals surface area (Å²) in [6.07, 6.45) is 6.78. The lowest BCUT2D eigenvalue weighted by Crippen LogP contribution is -2.58. The number of hydrogen-bond acceptors (Lipinski definition) is 9. The van der Waals surface area contributed by atoms with Crippen molar-refractivity contribution in [3.05, 3.63) is 60.2 Å². The van der Waals surface area contributed by atoms with Crippen molar-refractivity contribution >= 4 is 40.9 Å². The van der Waals surface area contributed by atoms with Crippen LogP contribution in [0.5, 0.6) is 0 Å². The fourth-order valence-corrected chi connectivity index (χ4v) is 8.12. The van der Waals surface area contributed by atoms with E-state index in [0.29, 0.717) is 13.0 Å². The van der Waals surface area contributed by atoms with Gasteiger partial charge in [-0.1, -0.05) is 84.7 Å². The fraction of sp³-hybridized carbons (Fsp3) is 0.595. The normalized spacial score (nSPS) is 20.4. The summed E-state index contributed by atoms with van der Waals surface area (Å²) in [7, 11) is 0. The molecule has 0 spiro atoms. The second-order valence-electron chi connectivity index (χ2n) is 16.5. The summed E-state index contributed by atoms with van der Waals surface area (Å²) in [5.74, 6) is -7.25. The molecule has 12 nitrogen and oxygen atoms in total. The standard InChI is InChI=1S/C42H56N4O8/c1-7-12-27(37(50)35(49)21-29(41(53)54)19-26-13-9-8-10-14-26)20-34(48)36-30-16-11-15-28(30)24-46(36)40(52)38(42(4,5)6)45-39(51)31(25(2)3)22-33(47)32-23-43-17-18-44-32/h8-10,13-14,17-18,23,25,27-31,36,38H,7,11-12,15-16,19-22,24H2,1-6H3,(H,45,51)(H,53,54)/t27?,28-,29-,30-,31+,36?,38+/m0/s1. The molecule has 2 N–H and O–H groups in total. The zero-order chi connectivity index (χ0) is 39.7. The number of carbonyl (C=O) groups excluding carboxylic acids is 6. The average Bonchev–Trinajstić information content (AvgIpc) is 3.73. The molecule has 2 aliphatic rings. The molecule has 1 saturated heterocycles. The number of carboxylic acids is 1. The Kier molecular flexibility index (Phi) is 14.5. The molecule has 2 aromatic rings. The number of ketones is 4. The number of nitrogens with one attached hydrogen (secondary N) is 1. The van der Waals surface area contributed by atoms with Gasteiger partial charge in [-0.2, -0.15) is 0 Å². The van der Waals surface area contributed by atoms with Gasteiger partial charge in [0.15, 0.2) is 17.3 Å². The van der Waals surface area contributed by atoms with Gasteiger partial charge in [-0.15, -0.1) is 0 Å². The highest BCUT2D eigenvalue weighted by Gasteiger charge is 2.52. The number of benzene rings is 1. The number of aromatic nitrogens is 2. The summed E-state index contributed by atoms with van der Waals surface area (Å²) in [6, 6.07) is 7.07. The lowest BCUT2D eigenvalue weighted by Gasteiger charge is -2.37. The van der Waals surface area contributed by atoms with Gasteiger partial charge in [0, 0.05) is 50.0 Å². The smallest absolute Gasteiger partial charge is 0.307 e. The number of carboxylic acid groups (broad SMARTS) is 1. The first-order valence-corrected chi connectivity index (χ1v) is 19.3. The van der Waals surface area contributed by atoms with E-state index in [1.54, 1.807) is 29.2 Å². The van der Waals surface area contributed by atoms with Gasteiger partial charge in [-0.05, 0) is 54.4 Å². The largest absolute Gasteiger partial charge is 0.481 e. The molecule has 292 valence electrons. The summed E-state index contributed by atoms with van der Waals surface area (Å²) >= 11 is 0.